The normalized spacial score (nSPS) is 18.5. The van der Waals surface area contributed by atoms with Crippen LogP contribution in [0.5, 0.6) is 0 Å². The van der Waals surface area contributed by atoms with Gasteiger partial charge in [0.1, 0.15) is 0 Å². The lowest BCUT2D eigenvalue weighted by atomic mass is 10.1. The van der Waals surface area contributed by atoms with Crippen LogP contribution in [0.3, 0.4) is 0 Å². The Bertz CT molecular complexity index is 530. The molecule has 1 aromatic carbocycles. The van der Waals surface area contributed by atoms with Crippen LogP contribution in [0.2, 0.25) is 0 Å². The lowest BCUT2D eigenvalue weighted by Gasteiger charge is -2.27. The van der Waals surface area contributed by atoms with Crippen LogP contribution in [-0.2, 0) is 9.59 Å². The van der Waals surface area contributed by atoms with E-state index in [1.54, 1.807) is 4.90 Å². The third-order valence-corrected chi connectivity index (χ3v) is 3.46. The summed E-state index contributed by atoms with van der Waals surface area (Å²) in [6.45, 7) is 2.92. The van der Waals surface area contributed by atoms with E-state index in [1.165, 1.54) is 30.6 Å². The monoisotopic (exact) mass is 277 g/mol. The number of amidine groups is 1. The fourth-order valence-corrected chi connectivity index (χ4v) is 2.61. The number of nitrogens with zero attached hydrogens (tertiary/aromatic N) is 3. The first-order valence-corrected chi connectivity index (χ1v) is 7.06. The Hall–Kier alpha value is -1.82. The van der Waals surface area contributed by atoms with Crippen molar-refractivity contribution in [1.29, 1.82) is 0 Å². The molecule has 6 heteroatoms. The molecule has 1 aromatic rings. The Morgan fingerprint density at radius 2 is 1.79 bits per heavy atom. The average Bonchev–Trinajstić information content (AvgIpc) is 2.79. The van der Waals surface area contributed by atoms with Gasteiger partial charge in [0.05, 0.1) is 0 Å². The van der Waals surface area contributed by atoms with Crippen molar-refractivity contribution in [3.63, 3.8) is 0 Å². The van der Waals surface area contributed by atoms with E-state index in [2.05, 4.69) is 5.10 Å². The van der Waals surface area contributed by atoms with Crippen LogP contribution < -0.4 is 0 Å². The van der Waals surface area contributed by atoms with Gasteiger partial charge in [0.15, 0.2) is 11.3 Å². The van der Waals surface area contributed by atoms with E-state index in [-0.39, 0.29) is 11.8 Å². The fraction of sp³-hybridized carbons (Fsp3) is 0.308. The molecule has 0 N–H and O–H groups in total. The van der Waals surface area contributed by atoms with E-state index >= 15 is 0 Å². The van der Waals surface area contributed by atoms with Gasteiger partial charge < -0.3 is 0 Å². The molecule has 0 aromatic heterocycles. The van der Waals surface area contributed by atoms with Gasteiger partial charge in [-0.05, 0) is 11.8 Å². The minimum absolute atomic E-state index is 0.134. The summed E-state index contributed by atoms with van der Waals surface area (Å²) in [6, 6.07) is 9.42. The van der Waals surface area contributed by atoms with E-state index in [4.69, 9.17) is 0 Å². The van der Waals surface area contributed by atoms with Gasteiger partial charge in [-0.15, -0.1) is 5.10 Å². The first-order chi connectivity index (χ1) is 9.06. The number of benzene rings is 1. The van der Waals surface area contributed by atoms with Crippen LogP contribution in [-0.4, -0.2) is 33.1 Å². The van der Waals surface area contributed by atoms with Crippen molar-refractivity contribution in [1.82, 2.24) is 9.91 Å². The summed E-state index contributed by atoms with van der Waals surface area (Å²) in [7, 11) is 0. The van der Waals surface area contributed by atoms with Crippen molar-refractivity contribution in [2.24, 2.45) is 5.10 Å². The summed E-state index contributed by atoms with van der Waals surface area (Å²) < 4.78 is 0. The summed E-state index contributed by atoms with van der Waals surface area (Å²) >= 11 is 1.35. The quantitative estimate of drug-likeness (QED) is 0.789. The van der Waals surface area contributed by atoms with Crippen molar-refractivity contribution >= 4 is 28.7 Å². The maximum atomic E-state index is 11.9. The second kappa shape index (κ2) is 5.44. The summed E-state index contributed by atoms with van der Waals surface area (Å²) in [5.41, 5.74) is 0.862. The molecular formula is C13H15N3O2S. The maximum Gasteiger partial charge on any atom is 0.241 e. The minimum Gasteiger partial charge on any atom is -0.275 e. The number of thioether (sulfide) groups is 1. The molecule has 1 atom stereocenters. The van der Waals surface area contributed by atoms with E-state index < -0.39 is 6.17 Å². The molecule has 0 bridgehead atoms. The van der Waals surface area contributed by atoms with E-state index in [0.717, 1.165) is 5.56 Å². The van der Waals surface area contributed by atoms with E-state index in [0.29, 0.717) is 5.17 Å². The van der Waals surface area contributed by atoms with Gasteiger partial charge in [-0.25, -0.2) is 5.01 Å². The van der Waals surface area contributed by atoms with Crippen molar-refractivity contribution in [3.05, 3.63) is 35.9 Å². The molecule has 0 spiro atoms. The number of hydrogen-bond donors (Lipinski definition) is 0. The standard InChI is InChI=1S/C13H15N3O2S/c1-9(17)15-12(11-7-5-4-6-8-11)16(10(2)18)14-13(15)19-3/h4-8,12H,1-3H3. The van der Waals surface area contributed by atoms with E-state index in [9.17, 15) is 9.59 Å². The molecule has 19 heavy (non-hydrogen) atoms. The lowest BCUT2D eigenvalue weighted by Crippen LogP contribution is -2.38. The number of carbonyl (C=O) groups is 2. The second-order valence-corrected chi connectivity index (χ2v) is 4.90. The SMILES string of the molecule is CSC1=NN(C(C)=O)C(c2ccccc2)N1C(C)=O. The largest absolute Gasteiger partial charge is 0.275 e. The molecule has 5 nitrogen and oxygen atoms in total. The highest BCUT2D eigenvalue weighted by atomic mass is 32.2. The predicted octanol–water partition coefficient (Wildman–Crippen LogP) is 2.03. The number of amides is 2. The first kappa shape index (κ1) is 13.6. The third kappa shape index (κ3) is 2.49. The Balaban J connectivity index is 2.48. The smallest absolute Gasteiger partial charge is 0.241 e. The van der Waals surface area contributed by atoms with Gasteiger partial charge in [-0.3, -0.25) is 14.5 Å². The first-order valence-electron chi connectivity index (χ1n) is 5.83. The second-order valence-electron chi connectivity index (χ2n) is 4.12. The van der Waals surface area contributed by atoms with E-state index in [1.807, 2.05) is 36.6 Å². The molecule has 0 fully saturated rings. The van der Waals surface area contributed by atoms with Gasteiger partial charge in [0.25, 0.3) is 0 Å². The number of rotatable bonds is 1. The highest BCUT2D eigenvalue weighted by Crippen LogP contribution is 2.33. The maximum absolute atomic E-state index is 11.9. The summed E-state index contributed by atoms with van der Waals surface area (Å²) in [6.07, 6.45) is 1.35. The number of carbonyl (C=O) groups excluding carboxylic acids is 2. The van der Waals surface area contributed by atoms with Gasteiger partial charge >= 0.3 is 0 Å². The summed E-state index contributed by atoms with van der Waals surface area (Å²) in [5, 5.41) is 6.12. The van der Waals surface area contributed by atoms with Crippen molar-refractivity contribution < 1.29 is 9.59 Å². The molecule has 1 unspecified atom stereocenters. The van der Waals surface area contributed by atoms with Crippen LogP contribution in [0.4, 0.5) is 0 Å². The van der Waals surface area contributed by atoms with Crippen LogP contribution in [0.1, 0.15) is 25.6 Å². The van der Waals surface area contributed by atoms with Crippen molar-refractivity contribution in [3.8, 4) is 0 Å². The minimum atomic E-state index is -0.487. The zero-order chi connectivity index (χ0) is 14.0. The molecule has 1 heterocycles. The fourth-order valence-electron chi connectivity index (χ4n) is 2.01. The summed E-state index contributed by atoms with van der Waals surface area (Å²) in [4.78, 5) is 25.1. The molecule has 2 amide bonds. The molecule has 0 saturated carbocycles. The highest BCUT2D eigenvalue weighted by Gasteiger charge is 2.39. The van der Waals surface area contributed by atoms with Crippen molar-refractivity contribution in [2.45, 2.75) is 20.0 Å². The lowest BCUT2D eigenvalue weighted by molar-refractivity contribution is -0.136. The molecule has 1 aliphatic heterocycles. The Kier molecular flexibility index (Phi) is 3.90. The predicted molar refractivity (Wildman–Crippen MR) is 75.2 cm³/mol. The van der Waals surface area contributed by atoms with Gasteiger partial charge in [0, 0.05) is 13.8 Å². The highest BCUT2D eigenvalue weighted by molar-refractivity contribution is 8.13. The molecule has 0 saturated heterocycles. The summed E-state index contributed by atoms with van der Waals surface area (Å²) in [5.74, 6) is -0.324. The molecule has 0 radical (unpaired) electrons. The zero-order valence-corrected chi connectivity index (χ0v) is 11.8. The molecule has 1 aliphatic rings. The average molecular weight is 277 g/mol. The Labute approximate surface area is 116 Å². The molecule has 2 rings (SSSR count). The number of hydrogen-bond acceptors (Lipinski definition) is 4. The Morgan fingerprint density at radius 1 is 1.16 bits per heavy atom. The van der Waals surface area contributed by atoms with Crippen LogP contribution in [0.15, 0.2) is 35.4 Å². The molecule has 100 valence electrons. The van der Waals surface area contributed by atoms with Crippen LogP contribution in [0.25, 0.3) is 0 Å². The van der Waals surface area contributed by atoms with Gasteiger partial charge in [-0.1, -0.05) is 42.1 Å². The third-order valence-electron chi connectivity index (χ3n) is 2.82. The van der Waals surface area contributed by atoms with Crippen LogP contribution >= 0.6 is 11.8 Å². The van der Waals surface area contributed by atoms with Crippen LogP contribution in [0, 0.1) is 0 Å². The molecule has 0 aliphatic carbocycles. The van der Waals surface area contributed by atoms with Crippen molar-refractivity contribution in [2.75, 3.05) is 6.26 Å². The molecular weight excluding hydrogens is 262 g/mol. The number of hydrazone groups is 1. The zero-order valence-electron chi connectivity index (χ0n) is 11.0. The van der Waals surface area contributed by atoms with Gasteiger partial charge in [0.2, 0.25) is 11.8 Å². The van der Waals surface area contributed by atoms with Gasteiger partial charge in [-0.2, -0.15) is 0 Å². The Morgan fingerprint density at radius 3 is 2.26 bits per heavy atom. The topological polar surface area (TPSA) is 53.0 Å².